The highest BCUT2D eigenvalue weighted by atomic mass is 35.5. The van der Waals surface area contributed by atoms with Gasteiger partial charge in [0, 0.05) is 37.3 Å². The number of pyridine rings is 1. The van der Waals surface area contributed by atoms with Crippen LogP contribution in [0.25, 0.3) is 0 Å². The summed E-state index contributed by atoms with van der Waals surface area (Å²) in [6.07, 6.45) is 5.08. The van der Waals surface area contributed by atoms with E-state index in [2.05, 4.69) is 4.98 Å². The van der Waals surface area contributed by atoms with E-state index in [1.165, 1.54) is 0 Å². The van der Waals surface area contributed by atoms with Gasteiger partial charge in [0.1, 0.15) is 0 Å². The number of hydrogen-bond acceptors (Lipinski definition) is 3. The minimum atomic E-state index is -3.18. The van der Waals surface area contributed by atoms with Crippen molar-refractivity contribution in [2.75, 3.05) is 24.7 Å². The van der Waals surface area contributed by atoms with E-state index < -0.39 is 10.0 Å². The third-order valence-corrected chi connectivity index (χ3v) is 5.79. The van der Waals surface area contributed by atoms with Crippen LogP contribution < -0.4 is 0 Å². The van der Waals surface area contributed by atoms with Crippen molar-refractivity contribution >= 4 is 21.6 Å². The molecule has 0 amide bonds. The molecule has 1 aromatic heterocycles. The molecule has 0 spiro atoms. The monoisotopic (exact) mass is 316 g/mol. The van der Waals surface area contributed by atoms with Gasteiger partial charge in [0.15, 0.2) is 0 Å². The molecule has 0 aliphatic carbocycles. The van der Waals surface area contributed by atoms with Gasteiger partial charge in [-0.25, -0.2) is 12.7 Å². The van der Waals surface area contributed by atoms with Gasteiger partial charge in [-0.05, 0) is 37.3 Å². The molecule has 1 atom stereocenters. The zero-order chi connectivity index (χ0) is 14.4. The van der Waals surface area contributed by atoms with E-state index in [4.69, 9.17) is 11.6 Å². The van der Waals surface area contributed by atoms with Crippen molar-refractivity contribution in [3.63, 3.8) is 0 Å². The average Bonchev–Trinajstić information content (AvgIpc) is 2.47. The van der Waals surface area contributed by atoms with Crippen LogP contribution in [0.4, 0.5) is 0 Å². The van der Waals surface area contributed by atoms with Gasteiger partial charge in [-0.15, -0.1) is 11.6 Å². The highest BCUT2D eigenvalue weighted by Gasteiger charge is 2.28. The molecule has 1 aliphatic rings. The molecule has 0 saturated carbocycles. The molecule has 4 nitrogen and oxygen atoms in total. The molecular formula is C14H21ClN2O2S. The quantitative estimate of drug-likeness (QED) is 0.757. The van der Waals surface area contributed by atoms with Crippen LogP contribution in [0.2, 0.25) is 0 Å². The van der Waals surface area contributed by atoms with E-state index in [9.17, 15) is 8.42 Å². The first-order valence-electron chi connectivity index (χ1n) is 7.05. The van der Waals surface area contributed by atoms with Crippen LogP contribution in [0.15, 0.2) is 24.4 Å². The summed E-state index contributed by atoms with van der Waals surface area (Å²) in [7, 11) is -3.18. The van der Waals surface area contributed by atoms with Crippen molar-refractivity contribution in [3.05, 3.63) is 30.1 Å². The Morgan fingerprint density at radius 2 is 2.25 bits per heavy atom. The van der Waals surface area contributed by atoms with E-state index in [0.29, 0.717) is 31.3 Å². The molecule has 20 heavy (non-hydrogen) atoms. The minimum absolute atomic E-state index is 0.137. The molecule has 2 rings (SSSR count). The average molecular weight is 317 g/mol. The minimum Gasteiger partial charge on any atom is -0.261 e. The summed E-state index contributed by atoms with van der Waals surface area (Å²) in [6.45, 7) is 1.26. The lowest BCUT2D eigenvalue weighted by Crippen LogP contribution is -2.41. The molecule has 6 heteroatoms. The maximum atomic E-state index is 12.4. The van der Waals surface area contributed by atoms with Gasteiger partial charge in [-0.3, -0.25) is 4.98 Å². The van der Waals surface area contributed by atoms with Crippen LogP contribution in [0, 0.1) is 5.92 Å². The number of aromatic nitrogens is 1. The number of piperidine rings is 1. The van der Waals surface area contributed by atoms with Crippen LogP contribution in [0.5, 0.6) is 0 Å². The van der Waals surface area contributed by atoms with E-state index >= 15 is 0 Å². The molecule has 0 N–H and O–H groups in total. The Labute approximate surface area is 126 Å². The molecule has 1 fully saturated rings. The van der Waals surface area contributed by atoms with Gasteiger partial charge in [0.05, 0.1) is 5.75 Å². The zero-order valence-corrected chi connectivity index (χ0v) is 13.1. The van der Waals surface area contributed by atoms with Crippen molar-refractivity contribution in [3.8, 4) is 0 Å². The van der Waals surface area contributed by atoms with Crippen molar-refractivity contribution in [1.82, 2.24) is 9.29 Å². The van der Waals surface area contributed by atoms with Crippen molar-refractivity contribution in [2.24, 2.45) is 5.92 Å². The first-order valence-corrected chi connectivity index (χ1v) is 9.20. The summed E-state index contributed by atoms with van der Waals surface area (Å²) < 4.78 is 26.4. The fraction of sp³-hybridized carbons (Fsp3) is 0.643. The second kappa shape index (κ2) is 7.38. The maximum absolute atomic E-state index is 12.4. The van der Waals surface area contributed by atoms with E-state index in [-0.39, 0.29) is 5.75 Å². The normalized spacial score (nSPS) is 20.9. The first-order chi connectivity index (χ1) is 9.62. The van der Waals surface area contributed by atoms with Crippen molar-refractivity contribution in [2.45, 2.75) is 25.7 Å². The molecular weight excluding hydrogens is 296 g/mol. The first kappa shape index (κ1) is 15.7. The molecule has 0 aromatic carbocycles. The van der Waals surface area contributed by atoms with Gasteiger partial charge in [0.25, 0.3) is 0 Å². The van der Waals surface area contributed by atoms with Crippen LogP contribution in [0.3, 0.4) is 0 Å². The van der Waals surface area contributed by atoms with E-state index in [1.54, 1.807) is 10.5 Å². The number of aryl methyl sites for hydroxylation is 1. The Bertz CT molecular complexity index is 505. The van der Waals surface area contributed by atoms with Gasteiger partial charge in [0.2, 0.25) is 10.0 Å². The van der Waals surface area contributed by atoms with Crippen LogP contribution >= 0.6 is 11.6 Å². The third-order valence-electron chi connectivity index (χ3n) is 3.73. The summed E-state index contributed by atoms with van der Waals surface area (Å²) in [5, 5.41) is 0. The lowest BCUT2D eigenvalue weighted by molar-refractivity contribution is 0.262. The summed E-state index contributed by atoms with van der Waals surface area (Å²) in [4.78, 5) is 4.17. The summed E-state index contributed by atoms with van der Waals surface area (Å²) >= 11 is 5.76. The Kier molecular flexibility index (Phi) is 5.81. The largest absolute Gasteiger partial charge is 0.261 e. The second-order valence-corrected chi connectivity index (χ2v) is 7.70. The van der Waals surface area contributed by atoms with Crippen molar-refractivity contribution in [1.29, 1.82) is 0 Å². The second-order valence-electron chi connectivity index (χ2n) is 5.23. The lowest BCUT2D eigenvalue weighted by atomic mass is 9.97. The molecule has 1 aliphatic heterocycles. The van der Waals surface area contributed by atoms with E-state index in [1.807, 2.05) is 18.2 Å². The van der Waals surface area contributed by atoms with Crippen LogP contribution in [0.1, 0.15) is 25.0 Å². The van der Waals surface area contributed by atoms with Gasteiger partial charge >= 0.3 is 0 Å². The maximum Gasteiger partial charge on any atom is 0.214 e. The third kappa shape index (κ3) is 4.43. The SMILES string of the molecule is O=S(=O)(CCc1ccccn1)N1CCCC(CCCl)C1. The smallest absolute Gasteiger partial charge is 0.214 e. The number of rotatable bonds is 6. The number of nitrogens with zero attached hydrogens (tertiary/aromatic N) is 2. The molecule has 2 heterocycles. The van der Waals surface area contributed by atoms with Crippen LogP contribution in [-0.2, 0) is 16.4 Å². The number of alkyl halides is 1. The highest BCUT2D eigenvalue weighted by Crippen LogP contribution is 2.22. The van der Waals surface area contributed by atoms with Crippen molar-refractivity contribution < 1.29 is 8.42 Å². The lowest BCUT2D eigenvalue weighted by Gasteiger charge is -2.31. The molecule has 1 saturated heterocycles. The fourth-order valence-corrected chi connectivity index (χ4v) is 4.46. The zero-order valence-electron chi connectivity index (χ0n) is 11.5. The highest BCUT2D eigenvalue weighted by molar-refractivity contribution is 7.89. The predicted octanol–water partition coefficient (Wildman–Crippen LogP) is 2.29. The molecule has 0 radical (unpaired) electrons. The Morgan fingerprint density at radius 3 is 2.95 bits per heavy atom. The number of halogens is 1. The summed E-state index contributed by atoms with van der Waals surface area (Å²) in [6, 6.07) is 5.58. The van der Waals surface area contributed by atoms with E-state index in [0.717, 1.165) is 25.0 Å². The Hall–Kier alpha value is -0.650. The van der Waals surface area contributed by atoms with Gasteiger partial charge < -0.3 is 0 Å². The topological polar surface area (TPSA) is 50.3 Å². The Morgan fingerprint density at radius 1 is 1.40 bits per heavy atom. The fourth-order valence-electron chi connectivity index (χ4n) is 2.58. The van der Waals surface area contributed by atoms with Crippen LogP contribution in [-0.4, -0.2) is 42.4 Å². The van der Waals surface area contributed by atoms with Gasteiger partial charge in [-0.1, -0.05) is 6.07 Å². The molecule has 112 valence electrons. The molecule has 1 unspecified atom stereocenters. The predicted molar refractivity (Wildman–Crippen MR) is 81.4 cm³/mol. The van der Waals surface area contributed by atoms with Gasteiger partial charge in [-0.2, -0.15) is 0 Å². The summed E-state index contributed by atoms with van der Waals surface area (Å²) in [5.74, 6) is 1.15. The molecule has 0 bridgehead atoms. The summed E-state index contributed by atoms with van der Waals surface area (Å²) in [5.41, 5.74) is 0.824. The number of sulfonamides is 1. The standard InChI is InChI=1S/C14H21ClN2O2S/c15-8-6-13-4-3-10-17(12-13)20(18,19)11-7-14-5-1-2-9-16-14/h1-2,5,9,13H,3-4,6-8,10-12H2. The Balaban J connectivity index is 1.92. The molecule has 1 aromatic rings. The number of hydrogen-bond donors (Lipinski definition) is 0.